The van der Waals surface area contributed by atoms with Crippen molar-refractivity contribution in [2.45, 2.75) is 24.2 Å². The van der Waals surface area contributed by atoms with Crippen molar-refractivity contribution in [3.8, 4) is 0 Å². The zero-order chi connectivity index (χ0) is 20.7. The molecule has 0 unspecified atom stereocenters. The molecule has 4 nitrogen and oxygen atoms in total. The van der Waals surface area contributed by atoms with Crippen LogP contribution in [0.2, 0.25) is 0 Å². The fourth-order valence-electron chi connectivity index (χ4n) is 3.80. The monoisotopic (exact) mass is 378 g/mol. The zero-order valence-electron chi connectivity index (χ0n) is 17.3. The third-order valence-electron chi connectivity index (χ3n) is 5.22. The number of allylic oxidation sites excluding steroid dienone is 1. The van der Waals surface area contributed by atoms with Gasteiger partial charge in [-0.3, -0.25) is 9.59 Å². The van der Waals surface area contributed by atoms with Crippen LogP contribution in [-0.2, 0) is 15.0 Å². The molecule has 0 spiro atoms. The molecule has 0 aliphatic heterocycles. The lowest BCUT2D eigenvalue weighted by atomic mass is 9.63. The molecule has 2 amide bonds. The highest BCUT2D eigenvalue weighted by Crippen LogP contribution is 2.46. The Labute approximate surface area is 168 Å². The Morgan fingerprint density at radius 3 is 1.93 bits per heavy atom. The van der Waals surface area contributed by atoms with Gasteiger partial charge in [0.2, 0.25) is 11.8 Å². The van der Waals surface area contributed by atoms with Gasteiger partial charge in [0.05, 0.1) is 5.41 Å². The zero-order valence-corrected chi connectivity index (χ0v) is 17.3. The largest absolute Gasteiger partial charge is 0.349 e. The van der Waals surface area contributed by atoms with Crippen LogP contribution in [0.3, 0.4) is 0 Å². The lowest BCUT2D eigenvalue weighted by Gasteiger charge is -2.41. The van der Waals surface area contributed by atoms with Crippen molar-refractivity contribution in [3.05, 3.63) is 84.4 Å². The molecule has 0 N–H and O–H groups in total. The van der Waals surface area contributed by atoms with E-state index in [9.17, 15) is 9.59 Å². The summed E-state index contributed by atoms with van der Waals surface area (Å²) in [7, 11) is 7.02. The summed E-state index contributed by atoms with van der Waals surface area (Å²) in [4.78, 5) is 29.7. The lowest BCUT2D eigenvalue weighted by Crippen LogP contribution is -2.49. The minimum Gasteiger partial charge on any atom is -0.349 e. The van der Waals surface area contributed by atoms with E-state index in [0.29, 0.717) is 6.42 Å². The Bertz CT molecular complexity index is 800. The van der Waals surface area contributed by atoms with Crippen molar-refractivity contribution >= 4 is 11.8 Å². The van der Waals surface area contributed by atoms with E-state index in [1.54, 1.807) is 44.1 Å². The van der Waals surface area contributed by atoms with Crippen LogP contribution in [-0.4, -0.2) is 49.8 Å². The molecule has 4 heteroatoms. The number of benzene rings is 2. The molecule has 0 bridgehead atoms. The van der Waals surface area contributed by atoms with Crippen LogP contribution in [0.5, 0.6) is 0 Å². The van der Waals surface area contributed by atoms with E-state index >= 15 is 0 Å². The smallest absolute Gasteiger partial charge is 0.233 e. The molecule has 0 saturated carbocycles. The van der Waals surface area contributed by atoms with Crippen LogP contribution in [0.1, 0.15) is 29.9 Å². The SMILES string of the molecule is C=CC[C@@](C(=O)N(C)C)(c1ccccc1)[C@H](CC(=O)N(C)C)c1ccccc1. The highest BCUT2D eigenvalue weighted by Gasteiger charge is 2.48. The Kier molecular flexibility index (Phi) is 7.16. The van der Waals surface area contributed by atoms with Gasteiger partial charge in [-0.15, -0.1) is 6.58 Å². The van der Waals surface area contributed by atoms with Crippen molar-refractivity contribution in [2.24, 2.45) is 0 Å². The quantitative estimate of drug-likeness (QED) is 0.655. The molecular formula is C24H30N2O2. The highest BCUT2D eigenvalue weighted by molar-refractivity contribution is 5.91. The van der Waals surface area contributed by atoms with Crippen LogP contribution in [0.25, 0.3) is 0 Å². The van der Waals surface area contributed by atoms with Gasteiger partial charge in [-0.2, -0.15) is 0 Å². The van der Waals surface area contributed by atoms with Crippen LogP contribution < -0.4 is 0 Å². The van der Waals surface area contributed by atoms with Gasteiger partial charge >= 0.3 is 0 Å². The van der Waals surface area contributed by atoms with Crippen molar-refractivity contribution in [2.75, 3.05) is 28.2 Å². The summed E-state index contributed by atoms with van der Waals surface area (Å²) in [6.45, 7) is 3.94. The van der Waals surface area contributed by atoms with Gasteiger partial charge in [-0.1, -0.05) is 66.7 Å². The van der Waals surface area contributed by atoms with Gasteiger partial charge in [0.15, 0.2) is 0 Å². The molecule has 0 heterocycles. The molecule has 0 aromatic heterocycles. The predicted molar refractivity (Wildman–Crippen MR) is 114 cm³/mol. The molecule has 2 rings (SSSR count). The second kappa shape index (κ2) is 9.36. The molecule has 148 valence electrons. The molecular weight excluding hydrogens is 348 g/mol. The molecule has 28 heavy (non-hydrogen) atoms. The highest BCUT2D eigenvalue weighted by atomic mass is 16.2. The number of nitrogens with zero attached hydrogens (tertiary/aromatic N) is 2. The first-order valence-electron chi connectivity index (χ1n) is 9.47. The van der Waals surface area contributed by atoms with Crippen LogP contribution >= 0.6 is 0 Å². The second-order valence-electron chi connectivity index (χ2n) is 7.49. The predicted octanol–water partition coefficient (Wildman–Crippen LogP) is 3.85. The second-order valence-corrected chi connectivity index (χ2v) is 7.49. The van der Waals surface area contributed by atoms with E-state index in [1.807, 2.05) is 60.7 Å². The minimum absolute atomic E-state index is 0.00947. The van der Waals surface area contributed by atoms with Gasteiger partial charge in [0.1, 0.15) is 0 Å². The first kappa shape index (κ1) is 21.4. The van der Waals surface area contributed by atoms with Gasteiger partial charge in [-0.25, -0.2) is 0 Å². The fraction of sp³-hybridized carbons (Fsp3) is 0.333. The molecule has 0 radical (unpaired) electrons. The van der Waals surface area contributed by atoms with Crippen molar-refractivity contribution in [1.29, 1.82) is 0 Å². The van der Waals surface area contributed by atoms with E-state index < -0.39 is 5.41 Å². The molecule has 2 aromatic carbocycles. The van der Waals surface area contributed by atoms with Crippen LogP contribution in [0.4, 0.5) is 0 Å². The number of amides is 2. The third kappa shape index (κ3) is 4.33. The lowest BCUT2D eigenvalue weighted by molar-refractivity contribution is -0.137. The Morgan fingerprint density at radius 2 is 1.46 bits per heavy atom. The van der Waals surface area contributed by atoms with Gasteiger partial charge in [0.25, 0.3) is 0 Å². The summed E-state index contributed by atoms with van der Waals surface area (Å²) in [6.07, 6.45) is 2.46. The van der Waals surface area contributed by atoms with Crippen molar-refractivity contribution in [3.63, 3.8) is 0 Å². The summed E-state index contributed by atoms with van der Waals surface area (Å²) >= 11 is 0. The topological polar surface area (TPSA) is 40.6 Å². The Balaban J connectivity index is 2.78. The molecule has 0 aliphatic rings. The average molecular weight is 379 g/mol. The first-order valence-corrected chi connectivity index (χ1v) is 9.47. The summed E-state index contributed by atoms with van der Waals surface area (Å²) in [6, 6.07) is 19.6. The third-order valence-corrected chi connectivity index (χ3v) is 5.22. The molecule has 0 fully saturated rings. The summed E-state index contributed by atoms with van der Waals surface area (Å²) < 4.78 is 0. The molecule has 2 atom stereocenters. The standard InChI is InChI=1S/C24H30N2O2/c1-6-17-24(23(28)26(4)5,20-15-11-8-12-16-20)21(18-22(27)25(2)3)19-13-9-7-10-14-19/h6-16,21H,1,17-18H2,2-5H3/t21-,24-/m1/s1. The summed E-state index contributed by atoms with van der Waals surface area (Å²) in [5.41, 5.74) is 0.951. The maximum absolute atomic E-state index is 13.7. The Morgan fingerprint density at radius 1 is 0.929 bits per heavy atom. The van der Waals surface area contributed by atoms with E-state index in [0.717, 1.165) is 11.1 Å². The minimum atomic E-state index is -0.917. The average Bonchev–Trinajstić information content (AvgIpc) is 2.71. The number of hydrogen-bond acceptors (Lipinski definition) is 2. The summed E-state index contributed by atoms with van der Waals surface area (Å²) in [5, 5.41) is 0. The first-order chi connectivity index (χ1) is 13.3. The van der Waals surface area contributed by atoms with E-state index in [2.05, 4.69) is 6.58 Å². The number of rotatable bonds is 8. The Hall–Kier alpha value is -2.88. The molecule has 0 aliphatic carbocycles. The molecule has 2 aromatic rings. The maximum Gasteiger partial charge on any atom is 0.233 e. The molecule has 0 saturated heterocycles. The number of hydrogen-bond donors (Lipinski definition) is 0. The van der Waals surface area contributed by atoms with Crippen LogP contribution in [0.15, 0.2) is 73.3 Å². The van der Waals surface area contributed by atoms with E-state index in [1.165, 1.54) is 0 Å². The van der Waals surface area contributed by atoms with E-state index in [4.69, 9.17) is 0 Å². The fourth-order valence-corrected chi connectivity index (χ4v) is 3.80. The van der Waals surface area contributed by atoms with Gasteiger partial charge < -0.3 is 9.80 Å². The number of carbonyl (C=O) groups is 2. The number of carbonyl (C=O) groups excluding carboxylic acids is 2. The maximum atomic E-state index is 13.7. The van der Waals surface area contributed by atoms with Crippen molar-refractivity contribution < 1.29 is 9.59 Å². The van der Waals surface area contributed by atoms with E-state index in [-0.39, 0.29) is 24.2 Å². The van der Waals surface area contributed by atoms with Gasteiger partial charge in [-0.05, 0) is 17.5 Å². The summed E-state index contributed by atoms with van der Waals surface area (Å²) in [5.74, 6) is -0.359. The van der Waals surface area contributed by atoms with Gasteiger partial charge in [0, 0.05) is 40.5 Å². The van der Waals surface area contributed by atoms with Crippen molar-refractivity contribution in [1.82, 2.24) is 9.80 Å². The normalized spacial score (nSPS) is 13.9. The number of likely N-dealkylation sites (N-methyl/N-ethyl adjacent to an activating group) is 1. The van der Waals surface area contributed by atoms with Crippen LogP contribution in [0, 0.1) is 0 Å².